The lowest BCUT2D eigenvalue weighted by atomic mass is 10.1. The van der Waals surface area contributed by atoms with Crippen LogP contribution < -0.4 is 5.32 Å². The molecular formula is C18H19N3OS. The van der Waals surface area contributed by atoms with Crippen LogP contribution >= 0.6 is 11.3 Å². The van der Waals surface area contributed by atoms with E-state index in [1.807, 2.05) is 19.1 Å². The first-order chi connectivity index (χ1) is 11.2. The number of nitrogens with one attached hydrogen (secondary N) is 2. The maximum Gasteiger partial charge on any atom is 0.226 e. The molecule has 1 saturated carbocycles. The van der Waals surface area contributed by atoms with Crippen molar-refractivity contribution >= 4 is 27.3 Å². The van der Waals surface area contributed by atoms with E-state index in [1.165, 1.54) is 28.5 Å². The molecule has 1 amide bonds. The highest BCUT2D eigenvalue weighted by atomic mass is 32.1. The third-order valence-corrected chi connectivity index (χ3v) is 5.30. The normalized spacial score (nSPS) is 15.7. The Hall–Kier alpha value is -2.14. The average Bonchev–Trinajstić information content (AvgIpc) is 3.13. The molecule has 0 spiro atoms. The van der Waals surface area contributed by atoms with Crippen molar-refractivity contribution in [2.24, 2.45) is 0 Å². The molecule has 3 aromatic rings. The fourth-order valence-corrected chi connectivity index (χ4v) is 3.96. The zero-order chi connectivity index (χ0) is 15.8. The summed E-state index contributed by atoms with van der Waals surface area (Å²) in [7, 11) is 0. The summed E-state index contributed by atoms with van der Waals surface area (Å²) in [5.41, 5.74) is 2.08. The van der Waals surface area contributed by atoms with Crippen molar-refractivity contribution in [1.82, 2.24) is 15.3 Å². The Kier molecular flexibility index (Phi) is 3.65. The summed E-state index contributed by atoms with van der Waals surface area (Å²) in [6, 6.07) is 8.31. The number of aromatic amines is 1. The van der Waals surface area contributed by atoms with E-state index in [0.717, 1.165) is 11.5 Å². The zero-order valence-electron chi connectivity index (χ0n) is 13.0. The molecule has 23 heavy (non-hydrogen) atoms. The summed E-state index contributed by atoms with van der Waals surface area (Å²) in [5.74, 6) is 1.64. The average molecular weight is 325 g/mol. The minimum Gasteiger partial charge on any atom is -0.349 e. The van der Waals surface area contributed by atoms with Crippen molar-refractivity contribution in [1.29, 1.82) is 0 Å². The molecule has 0 bridgehead atoms. The van der Waals surface area contributed by atoms with Gasteiger partial charge in [-0.2, -0.15) is 0 Å². The van der Waals surface area contributed by atoms with Crippen molar-refractivity contribution in [3.05, 3.63) is 52.9 Å². The summed E-state index contributed by atoms with van der Waals surface area (Å²) in [6.45, 7) is 2.04. The van der Waals surface area contributed by atoms with Crippen LogP contribution in [0.25, 0.3) is 10.1 Å². The molecule has 5 heteroatoms. The van der Waals surface area contributed by atoms with Crippen molar-refractivity contribution in [3.63, 3.8) is 0 Å². The Morgan fingerprint density at radius 1 is 1.43 bits per heavy atom. The highest BCUT2D eigenvalue weighted by Gasteiger charge is 2.26. The number of carbonyl (C=O) groups excluding carboxylic acids is 1. The van der Waals surface area contributed by atoms with Gasteiger partial charge in [-0.15, -0.1) is 11.3 Å². The first-order valence-corrected chi connectivity index (χ1v) is 8.88. The van der Waals surface area contributed by atoms with Crippen molar-refractivity contribution in [3.8, 4) is 0 Å². The van der Waals surface area contributed by atoms with Gasteiger partial charge in [-0.05, 0) is 42.2 Å². The second kappa shape index (κ2) is 5.81. The van der Waals surface area contributed by atoms with E-state index in [0.29, 0.717) is 12.3 Å². The number of aromatic nitrogens is 2. The van der Waals surface area contributed by atoms with Crippen molar-refractivity contribution < 1.29 is 4.79 Å². The Bertz CT molecular complexity index is 847. The maximum absolute atomic E-state index is 12.3. The quantitative estimate of drug-likeness (QED) is 0.747. The van der Waals surface area contributed by atoms with Gasteiger partial charge in [-0.1, -0.05) is 18.2 Å². The third-order valence-electron chi connectivity index (χ3n) is 4.32. The molecular weight excluding hydrogens is 306 g/mol. The third kappa shape index (κ3) is 3.01. The Labute approximate surface area is 138 Å². The predicted octanol–water partition coefficient (Wildman–Crippen LogP) is 3.92. The molecule has 0 aliphatic heterocycles. The Morgan fingerprint density at radius 2 is 2.26 bits per heavy atom. The summed E-state index contributed by atoms with van der Waals surface area (Å²) in [6.07, 6.45) is 4.56. The number of nitrogens with zero attached hydrogens (tertiary/aromatic N) is 1. The SMILES string of the molecule is CC(NC(=O)Cc1cnc(C2CC2)[nH]1)c1csc2ccccc12. The monoisotopic (exact) mass is 325 g/mol. The zero-order valence-corrected chi connectivity index (χ0v) is 13.8. The van der Waals surface area contributed by atoms with E-state index in [9.17, 15) is 4.79 Å². The van der Waals surface area contributed by atoms with E-state index in [2.05, 4.69) is 32.8 Å². The minimum absolute atomic E-state index is 0.00414. The lowest BCUT2D eigenvalue weighted by Crippen LogP contribution is -2.28. The second-order valence-electron chi connectivity index (χ2n) is 6.22. The van der Waals surface area contributed by atoms with E-state index in [4.69, 9.17) is 0 Å². The lowest BCUT2D eigenvalue weighted by Gasteiger charge is -2.13. The summed E-state index contributed by atoms with van der Waals surface area (Å²) < 4.78 is 1.26. The molecule has 1 aromatic carbocycles. The number of thiophene rings is 1. The van der Waals surface area contributed by atoms with Crippen LogP contribution in [0.3, 0.4) is 0 Å². The standard InChI is InChI=1S/C18H19N3OS/c1-11(15-10-23-16-5-3-2-4-14(15)16)20-17(22)8-13-9-19-18(21-13)12-6-7-12/h2-5,9-12H,6-8H2,1H3,(H,19,21)(H,20,22). The van der Waals surface area contributed by atoms with Crippen LogP contribution in [0.5, 0.6) is 0 Å². The highest BCUT2D eigenvalue weighted by Crippen LogP contribution is 2.38. The van der Waals surface area contributed by atoms with Gasteiger partial charge in [-0.25, -0.2) is 4.98 Å². The Morgan fingerprint density at radius 3 is 3.09 bits per heavy atom. The van der Waals surface area contributed by atoms with Crippen LogP contribution in [-0.4, -0.2) is 15.9 Å². The Balaban J connectivity index is 1.43. The van der Waals surface area contributed by atoms with Gasteiger partial charge in [0.2, 0.25) is 5.91 Å². The minimum atomic E-state index is 0.00414. The summed E-state index contributed by atoms with van der Waals surface area (Å²) in [4.78, 5) is 19.9. The van der Waals surface area contributed by atoms with Crippen LogP contribution in [0.4, 0.5) is 0 Å². The van der Waals surface area contributed by atoms with Gasteiger partial charge in [-0.3, -0.25) is 4.79 Å². The first kappa shape index (κ1) is 14.5. The molecule has 4 rings (SSSR count). The van der Waals surface area contributed by atoms with Crippen molar-refractivity contribution in [2.45, 2.75) is 38.1 Å². The molecule has 2 aromatic heterocycles. The fraction of sp³-hybridized carbons (Fsp3) is 0.333. The number of imidazole rings is 1. The molecule has 0 saturated heterocycles. The summed E-state index contributed by atoms with van der Waals surface area (Å²) >= 11 is 1.72. The molecule has 2 heterocycles. The molecule has 4 nitrogen and oxygen atoms in total. The molecule has 1 atom stereocenters. The summed E-state index contributed by atoms with van der Waals surface area (Å²) in [5, 5.41) is 6.46. The molecule has 118 valence electrons. The van der Waals surface area contributed by atoms with E-state index >= 15 is 0 Å². The number of carbonyl (C=O) groups is 1. The van der Waals surface area contributed by atoms with Gasteiger partial charge in [0.05, 0.1) is 12.5 Å². The number of rotatable bonds is 5. The molecule has 1 fully saturated rings. The van der Waals surface area contributed by atoms with Gasteiger partial charge >= 0.3 is 0 Å². The van der Waals surface area contributed by atoms with Crippen molar-refractivity contribution in [2.75, 3.05) is 0 Å². The largest absolute Gasteiger partial charge is 0.349 e. The molecule has 0 radical (unpaired) electrons. The lowest BCUT2D eigenvalue weighted by molar-refractivity contribution is -0.121. The van der Waals surface area contributed by atoms with E-state index < -0.39 is 0 Å². The van der Waals surface area contributed by atoms with Crippen LogP contribution in [0.15, 0.2) is 35.8 Å². The predicted molar refractivity (Wildman–Crippen MR) is 92.6 cm³/mol. The van der Waals surface area contributed by atoms with Gasteiger partial charge in [0.25, 0.3) is 0 Å². The molecule has 1 aliphatic rings. The second-order valence-corrected chi connectivity index (χ2v) is 7.13. The van der Waals surface area contributed by atoms with Crippen LogP contribution in [0.1, 0.15) is 48.8 Å². The topological polar surface area (TPSA) is 57.8 Å². The maximum atomic E-state index is 12.3. The van der Waals surface area contributed by atoms with Gasteiger partial charge in [0, 0.05) is 22.5 Å². The smallest absolute Gasteiger partial charge is 0.226 e. The van der Waals surface area contributed by atoms with E-state index in [-0.39, 0.29) is 11.9 Å². The number of hydrogen-bond acceptors (Lipinski definition) is 3. The van der Waals surface area contributed by atoms with Crippen LogP contribution in [0.2, 0.25) is 0 Å². The first-order valence-electron chi connectivity index (χ1n) is 8.00. The number of fused-ring (bicyclic) bond motifs is 1. The van der Waals surface area contributed by atoms with E-state index in [1.54, 1.807) is 17.5 Å². The molecule has 1 unspecified atom stereocenters. The molecule has 2 N–H and O–H groups in total. The molecule has 1 aliphatic carbocycles. The van der Waals surface area contributed by atoms with Gasteiger partial charge in [0.1, 0.15) is 5.82 Å². The number of H-pyrrole nitrogens is 1. The van der Waals surface area contributed by atoms with Crippen LogP contribution in [0, 0.1) is 0 Å². The van der Waals surface area contributed by atoms with Gasteiger partial charge < -0.3 is 10.3 Å². The van der Waals surface area contributed by atoms with Crippen LogP contribution in [-0.2, 0) is 11.2 Å². The highest BCUT2D eigenvalue weighted by molar-refractivity contribution is 7.17. The fourth-order valence-electron chi connectivity index (χ4n) is 2.91. The van der Waals surface area contributed by atoms with Gasteiger partial charge in [0.15, 0.2) is 0 Å². The number of benzene rings is 1. The number of amides is 1. The number of hydrogen-bond donors (Lipinski definition) is 2.